The second-order valence-electron chi connectivity index (χ2n) is 4.84. The summed E-state index contributed by atoms with van der Waals surface area (Å²) in [6.07, 6.45) is 0.998. The molecule has 2 aromatic rings. The minimum atomic E-state index is 0.868. The number of aromatic nitrogens is 2. The first-order chi connectivity index (χ1) is 8.74. The lowest BCUT2D eigenvalue weighted by Gasteiger charge is -2.19. The largest absolute Gasteiger partial charge is 0.312 e. The Morgan fingerprint density at radius 2 is 2.06 bits per heavy atom. The summed E-state index contributed by atoms with van der Waals surface area (Å²) >= 11 is 0. The summed E-state index contributed by atoms with van der Waals surface area (Å²) in [7, 11) is 0. The van der Waals surface area contributed by atoms with E-state index in [1.54, 1.807) is 0 Å². The molecule has 0 spiro atoms. The molecule has 2 heterocycles. The Hall–Kier alpha value is -1.74. The smallest absolute Gasteiger partial charge is 0.126 e. The van der Waals surface area contributed by atoms with Crippen LogP contribution in [-0.4, -0.2) is 16.5 Å². The summed E-state index contributed by atoms with van der Waals surface area (Å²) in [5, 5.41) is 3.41. The number of benzene rings is 1. The highest BCUT2D eigenvalue weighted by molar-refractivity contribution is 5.65. The van der Waals surface area contributed by atoms with E-state index in [1.165, 1.54) is 22.4 Å². The van der Waals surface area contributed by atoms with E-state index in [0.29, 0.717) is 0 Å². The lowest BCUT2D eigenvalue weighted by Crippen LogP contribution is -2.26. The van der Waals surface area contributed by atoms with Crippen LogP contribution in [-0.2, 0) is 13.0 Å². The van der Waals surface area contributed by atoms with Gasteiger partial charge in [-0.15, -0.1) is 0 Å². The van der Waals surface area contributed by atoms with Crippen molar-refractivity contribution < 1.29 is 0 Å². The number of hydrogen-bond acceptors (Lipinski definition) is 3. The van der Waals surface area contributed by atoms with Gasteiger partial charge in [0.2, 0.25) is 0 Å². The fourth-order valence-electron chi connectivity index (χ4n) is 2.50. The molecule has 0 radical (unpaired) electrons. The fraction of sp³-hybridized carbons (Fsp3) is 0.333. The number of aryl methyl sites for hydroxylation is 2. The molecule has 18 heavy (non-hydrogen) atoms. The average Bonchev–Trinajstić information content (AvgIpc) is 2.37. The molecule has 1 aliphatic heterocycles. The Kier molecular flexibility index (Phi) is 2.84. The first-order valence-electron chi connectivity index (χ1n) is 6.38. The van der Waals surface area contributed by atoms with Crippen LogP contribution in [0.2, 0.25) is 0 Å². The minimum absolute atomic E-state index is 0.868. The number of fused-ring (bicyclic) bond motifs is 1. The molecular formula is C15H17N3. The van der Waals surface area contributed by atoms with Crippen molar-refractivity contribution in [3.05, 3.63) is 46.9 Å². The van der Waals surface area contributed by atoms with E-state index in [-0.39, 0.29) is 0 Å². The quantitative estimate of drug-likeness (QED) is 0.830. The number of rotatable bonds is 1. The van der Waals surface area contributed by atoms with Crippen molar-refractivity contribution in [1.29, 1.82) is 0 Å². The molecule has 3 heteroatoms. The van der Waals surface area contributed by atoms with Crippen LogP contribution in [0.4, 0.5) is 0 Å². The van der Waals surface area contributed by atoms with Gasteiger partial charge in [-0.05, 0) is 19.9 Å². The molecule has 1 aliphatic rings. The monoisotopic (exact) mass is 239 g/mol. The van der Waals surface area contributed by atoms with Gasteiger partial charge < -0.3 is 5.32 Å². The van der Waals surface area contributed by atoms with Crippen molar-refractivity contribution in [2.75, 3.05) is 6.54 Å². The Bertz CT molecular complexity index is 590. The van der Waals surface area contributed by atoms with Crippen LogP contribution in [0.5, 0.6) is 0 Å². The molecule has 3 rings (SSSR count). The third kappa shape index (κ3) is 2.02. The topological polar surface area (TPSA) is 37.8 Å². The molecule has 3 nitrogen and oxygen atoms in total. The van der Waals surface area contributed by atoms with Gasteiger partial charge in [-0.3, -0.25) is 0 Å². The highest BCUT2D eigenvalue weighted by Gasteiger charge is 2.17. The van der Waals surface area contributed by atoms with E-state index in [0.717, 1.165) is 31.0 Å². The molecule has 1 N–H and O–H groups in total. The van der Waals surface area contributed by atoms with Gasteiger partial charge in [-0.1, -0.05) is 23.8 Å². The predicted octanol–water partition coefficient (Wildman–Crippen LogP) is 2.41. The summed E-state index contributed by atoms with van der Waals surface area (Å²) in [6, 6.07) is 8.52. The van der Waals surface area contributed by atoms with Crippen LogP contribution < -0.4 is 5.32 Å². The molecule has 0 saturated carbocycles. The summed E-state index contributed by atoms with van der Waals surface area (Å²) in [6.45, 7) is 5.97. The average molecular weight is 239 g/mol. The molecule has 92 valence electrons. The lowest BCUT2D eigenvalue weighted by atomic mass is 9.99. The Labute approximate surface area is 107 Å². The van der Waals surface area contributed by atoms with E-state index >= 15 is 0 Å². The highest BCUT2D eigenvalue weighted by atomic mass is 14.9. The van der Waals surface area contributed by atoms with Gasteiger partial charge in [0.25, 0.3) is 0 Å². The second kappa shape index (κ2) is 4.50. The zero-order chi connectivity index (χ0) is 12.5. The second-order valence-corrected chi connectivity index (χ2v) is 4.84. The first-order valence-corrected chi connectivity index (χ1v) is 6.38. The van der Waals surface area contributed by atoms with E-state index < -0.39 is 0 Å². The summed E-state index contributed by atoms with van der Waals surface area (Å²) < 4.78 is 0. The predicted molar refractivity (Wildman–Crippen MR) is 72.4 cm³/mol. The van der Waals surface area contributed by atoms with E-state index in [9.17, 15) is 0 Å². The molecule has 0 bridgehead atoms. The fourth-order valence-corrected chi connectivity index (χ4v) is 2.50. The maximum atomic E-state index is 4.65. The van der Waals surface area contributed by atoms with Gasteiger partial charge >= 0.3 is 0 Å². The van der Waals surface area contributed by atoms with Gasteiger partial charge in [0, 0.05) is 30.6 Å². The van der Waals surface area contributed by atoms with E-state index in [2.05, 4.69) is 46.5 Å². The van der Waals surface area contributed by atoms with Crippen LogP contribution in [0.15, 0.2) is 24.3 Å². The lowest BCUT2D eigenvalue weighted by molar-refractivity contribution is 0.624. The Morgan fingerprint density at radius 1 is 1.17 bits per heavy atom. The third-order valence-electron chi connectivity index (χ3n) is 3.34. The van der Waals surface area contributed by atoms with Crippen molar-refractivity contribution >= 4 is 0 Å². The SMILES string of the molecule is Cc1cccc(-c2nc(C)nc3c2CNCC3)c1. The molecule has 0 amide bonds. The number of nitrogens with one attached hydrogen (secondary N) is 1. The van der Waals surface area contributed by atoms with Crippen LogP contribution >= 0.6 is 0 Å². The molecule has 1 aromatic carbocycles. The van der Waals surface area contributed by atoms with Gasteiger partial charge in [0.1, 0.15) is 5.82 Å². The van der Waals surface area contributed by atoms with Gasteiger partial charge in [-0.25, -0.2) is 9.97 Å². The first kappa shape index (κ1) is 11.4. The van der Waals surface area contributed by atoms with E-state index in [4.69, 9.17) is 0 Å². The molecule has 0 atom stereocenters. The van der Waals surface area contributed by atoms with Gasteiger partial charge in [0.15, 0.2) is 0 Å². The van der Waals surface area contributed by atoms with Crippen molar-refractivity contribution in [3.63, 3.8) is 0 Å². The highest BCUT2D eigenvalue weighted by Crippen LogP contribution is 2.26. The van der Waals surface area contributed by atoms with Crippen LogP contribution in [0, 0.1) is 13.8 Å². The van der Waals surface area contributed by atoms with Crippen molar-refractivity contribution in [2.24, 2.45) is 0 Å². The molecule has 0 fully saturated rings. The maximum Gasteiger partial charge on any atom is 0.126 e. The van der Waals surface area contributed by atoms with Crippen molar-refractivity contribution in [1.82, 2.24) is 15.3 Å². The van der Waals surface area contributed by atoms with Crippen molar-refractivity contribution in [3.8, 4) is 11.3 Å². The summed E-state index contributed by atoms with van der Waals surface area (Å²) in [5.74, 6) is 0.868. The normalized spacial score (nSPS) is 14.3. The van der Waals surface area contributed by atoms with Gasteiger partial charge in [-0.2, -0.15) is 0 Å². The zero-order valence-corrected chi connectivity index (χ0v) is 10.8. The van der Waals surface area contributed by atoms with Crippen LogP contribution in [0.25, 0.3) is 11.3 Å². The number of nitrogens with zero attached hydrogens (tertiary/aromatic N) is 2. The third-order valence-corrected chi connectivity index (χ3v) is 3.34. The summed E-state index contributed by atoms with van der Waals surface area (Å²) in [5.41, 5.74) is 6.02. The van der Waals surface area contributed by atoms with Crippen molar-refractivity contribution in [2.45, 2.75) is 26.8 Å². The van der Waals surface area contributed by atoms with Crippen LogP contribution in [0.1, 0.15) is 22.6 Å². The van der Waals surface area contributed by atoms with Crippen LogP contribution in [0.3, 0.4) is 0 Å². The zero-order valence-electron chi connectivity index (χ0n) is 10.8. The Morgan fingerprint density at radius 3 is 2.89 bits per heavy atom. The molecule has 1 aromatic heterocycles. The van der Waals surface area contributed by atoms with E-state index in [1.807, 2.05) is 6.92 Å². The Balaban J connectivity index is 2.19. The molecule has 0 saturated heterocycles. The molecular weight excluding hydrogens is 222 g/mol. The molecule has 0 aliphatic carbocycles. The summed E-state index contributed by atoms with van der Waals surface area (Å²) in [4.78, 5) is 9.22. The number of hydrogen-bond donors (Lipinski definition) is 1. The standard InChI is InChI=1S/C15H17N3/c1-10-4-3-5-12(8-10)15-13-9-16-7-6-14(13)17-11(2)18-15/h3-5,8,16H,6-7,9H2,1-2H3. The molecule has 0 unspecified atom stereocenters. The van der Waals surface area contributed by atoms with Gasteiger partial charge in [0.05, 0.1) is 11.4 Å². The minimum Gasteiger partial charge on any atom is -0.312 e. The maximum absolute atomic E-state index is 4.65.